The number of carboxylic acid groups (broad SMARTS) is 1. The molecule has 0 bridgehead atoms. The average molecular weight is 392 g/mol. The Morgan fingerprint density at radius 1 is 1.28 bits per heavy atom. The molecule has 8 nitrogen and oxygen atoms in total. The van der Waals surface area contributed by atoms with Crippen LogP contribution < -0.4 is 0 Å². The third-order valence-electron chi connectivity index (χ3n) is 4.30. The summed E-state index contributed by atoms with van der Waals surface area (Å²) >= 11 is 0.946. The van der Waals surface area contributed by atoms with E-state index in [9.17, 15) is 22.4 Å². The summed E-state index contributed by atoms with van der Waals surface area (Å²) in [7, 11) is -3.86. The Kier molecular flexibility index (Phi) is 4.84. The highest BCUT2D eigenvalue weighted by Gasteiger charge is 2.47. The molecule has 0 spiro atoms. The first-order chi connectivity index (χ1) is 11.8. The molecule has 1 amide bonds. The van der Waals surface area contributed by atoms with Gasteiger partial charge in [0, 0.05) is 26.1 Å². The molecular weight excluding hydrogens is 375 g/mol. The second-order valence-electron chi connectivity index (χ2n) is 5.88. The molecule has 1 aromatic rings. The number of nitrogens with zero attached hydrogens (tertiary/aromatic N) is 2. The second-order valence-corrected chi connectivity index (χ2v) is 8.70. The number of hydrogen-bond acceptors (Lipinski definition) is 6. The van der Waals surface area contributed by atoms with Crippen molar-refractivity contribution < 1.29 is 32.2 Å². The number of hydrogen-bond donors (Lipinski definition) is 1. The van der Waals surface area contributed by atoms with Crippen LogP contribution in [0.2, 0.25) is 0 Å². The first-order valence-corrected chi connectivity index (χ1v) is 9.95. The van der Waals surface area contributed by atoms with E-state index in [-0.39, 0.29) is 49.0 Å². The van der Waals surface area contributed by atoms with Crippen molar-refractivity contribution in [3.05, 3.63) is 16.3 Å². The zero-order valence-corrected chi connectivity index (χ0v) is 14.8. The van der Waals surface area contributed by atoms with E-state index >= 15 is 0 Å². The number of amides is 1. The van der Waals surface area contributed by atoms with Crippen LogP contribution in [-0.4, -0.2) is 79.7 Å². The Bertz CT molecular complexity index is 789. The van der Waals surface area contributed by atoms with E-state index in [4.69, 9.17) is 9.84 Å². The normalized spacial score (nSPS) is 25.2. The summed E-state index contributed by atoms with van der Waals surface area (Å²) < 4.78 is 46.1. The molecule has 2 aliphatic rings. The lowest BCUT2D eigenvalue weighted by Crippen LogP contribution is -2.41. The second kappa shape index (κ2) is 6.63. The molecule has 25 heavy (non-hydrogen) atoms. The number of morpholine rings is 1. The van der Waals surface area contributed by atoms with Gasteiger partial charge in [0.15, 0.2) is 0 Å². The highest BCUT2D eigenvalue weighted by molar-refractivity contribution is 7.89. The van der Waals surface area contributed by atoms with Crippen molar-refractivity contribution in [1.82, 2.24) is 9.21 Å². The first kappa shape index (κ1) is 18.2. The van der Waals surface area contributed by atoms with Gasteiger partial charge in [-0.15, -0.1) is 11.3 Å². The van der Waals surface area contributed by atoms with Crippen molar-refractivity contribution in [2.75, 3.05) is 39.4 Å². The summed E-state index contributed by atoms with van der Waals surface area (Å²) in [6.07, 6.45) is -0.314. The van der Waals surface area contributed by atoms with E-state index in [0.29, 0.717) is 0 Å². The molecule has 3 heterocycles. The molecule has 0 aliphatic carbocycles. The summed E-state index contributed by atoms with van der Waals surface area (Å²) in [6, 6.07) is 1.35. The molecule has 138 valence electrons. The van der Waals surface area contributed by atoms with Crippen LogP contribution in [0.25, 0.3) is 0 Å². The number of carbonyl (C=O) groups excluding carboxylic acids is 1. The number of sulfonamides is 1. The van der Waals surface area contributed by atoms with Gasteiger partial charge in [-0.1, -0.05) is 0 Å². The Morgan fingerprint density at radius 3 is 2.56 bits per heavy atom. The molecule has 0 aromatic carbocycles. The molecule has 11 heteroatoms. The van der Waals surface area contributed by atoms with Gasteiger partial charge in [-0.25, -0.2) is 17.6 Å². The van der Waals surface area contributed by atoms with Gasteiger partial charge in [0.25, 0.3) is 5.91 Å². The highest BCUT2D eigenvalue weighted by Crippen LogP contribution is 2.31. The number of carbonyl (C=O) groups is 2. The van der Waals surface area contributed by atoms with Gasteiger partial charge in [0.2, 0.25) is 15.7 Å². The van der Waals surface area contributed by atoms with Crippen LogP contribution in [-0.2, 0) is 19.6 Å². The third-order valence-corrected chi connectivity index (χ3v) is 7.27. The lowest BCUT2D eigenvalue weighted by atomic mass is 10.1. The molecule has 0 saturated carbocycles. The lowest BCUT2D eigenvalue weighted by molar-refractivity contribution is -0.149. The summed E-state index contributed by atoms with van der Waals surface area (Å²) in [4.78, 5) is 24.5. The summed E-state index contributed by atoms with van der Waals surface area (Å²) in [5.74, 6) is -2.28. The number of ether oxygens (including phenoxy) is 1. The summed E-state index contributed by atoms with van der Waals surface area (Å²) in [6.45, 7) is 0.292. The molecule has 2 fully saturated rings. The fourth-order valence-corrected chi connectivity index (χ4v) is 5.62. The number of rotatable bonds is 4. The molecule has 1 unspecified atom stereocenters. The standard InChI is InChI=1S/C14H17FN2O6S2/c15-14(13(19)20)2-3-16(9-14)12(18)11-10(1-8-24-11)25(21,22)17-4-6-23-7-5-17/h1,8H,2-7,9H2,(H,19,20). The number of carboxylic acids is 1. The minimum Gasteiger partial charge on any atom is -0.479 e. The predicted molar refractivity (Wildman–Crippen MR) is 85.9 cm³/mol. The number of halogens is 1. The van der Waals surface area contributed by atoms with Crippen LogP contribution in [0.15, 0.2) is 16.3 Å². The van der Waals surface area contributed by atoms with Crippen LogP contribution in [0.5, 0.6) is 0 Å². The number of aliphatic carboxylic acids is 1. The third kappa shape index (κ3) is 3.28. The Balaban J connectivity index is 1.84. The molecule has 3 rings (SSSR count). The van der Waals surface area contributed by atoms with Crippen molar-refractivity contribution in [3.63, 3.8) is 0 Å². The maximum atomic E-state index is 14.2. The van der Waals surface area contributed by atoms with E-state index in [0.717, 1.165) is 16.2 Å². The zero-order valence-electron chi connectivity index (χ0n) is 13.2. The van der Waals surface area contributed by atoms with Gasteiger partial charge in [0.05, 0.1) is 19.8 Å². The highest BCUT2D eigenvalue weighted by atomic mass is 32.2. The van der Waals surface area contributed by atoms with Gasteiger partial charge in [-0.2, -0.15) is 4.31 Å². The van der Waals surface area contributed by atoms with Gasteiger partial charge in [-0.3, -0.25) is 4.79 Å². The maximum Gasteiger partial charge on any atom is 0.343 e. The first-order valence-electron chi connectivity index (χ1n) is 7.63. The lowest BCUT2D eigenvalue weighted by Gasteiger charge is -2.26. The number of likely N-dealkylation sites (tertiary alicyclic amines) is 1. The zero-order chi connectivity index (χ0) is 18.2. The van der Waals surface area contributed by atoms with Crippen LogP contribution >= 0.6 is 11.3 Å². The molecular formula is C14H17FN2O6S2. The molecule has 1 N–H and O–H groups in total. The maximum absolute atomic E-state index is 14.2. The Hall–Kier alpha value is -1.56. The number of thiophene rings is 1. The largest absolute Gasteiger partial charge is 0.479 e. The minimum atomic E-state index is -3.86. The minimum absolute atomic E-state index is 0.0267. The van der Waals surface area contributed by atoms with Crippen molar-refractivity contribution in [3.8, 4) is 0 Å². The van der Waals surface area contributed by atoms with Crippen molar-refractivity contribution >= 4 is 33.2 Å². The van der Waals surface area contributed by atoms with E-state index in [1.54, 1.807) is 0 Å². The summed E-state index contributed by atoms with van der Waals surface area (Å²) in [5.41, 5.74) is -2.49. The summed E-state index contributed by atoms with van der Waals surface area (Å²) in [5, 5.41) is 10.4. The fraction of sp³-hybridized carbons (Fsp3) is 0.571. The van der Waals surface area contributed by atoms with Crippen LogP contribution in [0.3, 0.4) is 0 Å². The van der Waals surface area contributed by atoms with Crippen molar-refractivity contribution in [1.29, 1.82) is 0 Å². The van der Waals surface area contributed by atoms with Gasteiger partial charge in [0.1, 0.15) is 9.77 Å². The monoisotopic (exact) mass is 392 g/mol. The molecule has 1 atom stereocenters. The molecule has 2 aliphatic heterocycles. The fourth-order valence-electron chi connectivity index (χ4n) is 2.85. The average Bonchev–Trinajstić information content (AvgIpc) is 3.23. The van der Waals surface area contributed by atoms with Crippen LogP contribution in [0, 0.1) is 0 Å². The van der Waals surface area contributed by atoms with E-state index in [1.165, 1.54) is 15.8 Å². The van der Waals surface area contributed by atoms with Gasteiger partial charge < -0.3 is 14.7 Å². The molecule has 0 radical (unpaired) electrons. The van der Waals surface area contributed by atoms with Gasteiger partial charge >= 0.3 is 5.97 Å². The Labute approximate surface area is 147 Å². The number of alkyl halides is 1. The van der Waals surface area contributed by atoms with E-state index in [2.05, 4.69) is 0 Å². The van der Waals surface area contributed by atoms with E-state index in [1.807, 2.05) is 0 Å². The molecule has 2 saturated heterocycles. The van der Waals surface area contributed by atoms with Crippen LogP contribution in [0.4, 0.5) is 4.39 Å². The molecule has 1 aromatic heterocycles. The van der Waals surface area contributed by atoms with Gasteiger partial charge in [-0.05, 0) is 11.4 Å². The topological polar surface area (TPSA) is 104 Å². The van der Waals surface area contributed by atoms with Crippen molar-refractivity contribution in [2.45, 2.75) is 17.0 Å². The SMILES string of the molecule is O=C(c1sccc1S(=O)(=O)N1CCOCC1)N1CCC(F)(C(=O)O)C1. The Morgan fingerprint density at radius 2 is 1.96 bits per heavy atom. The van der Waals surface area contributed by atoms with Crippen molar-refractivity contribution in [2.24, 2.45) is 0 Å². The van der Waals surface area contributed by atoms with E-state index < -0.39 is 34.1 Å². The smallest absolute Gasteiger partial charge is 0.343 e. The predicted octanol–water partition coefficient (Wildman–Crippen LogP) is 0.408. The van der Waals surface area contributed by atoms with Crippen LogP contribution in [0.1, 0.15) is 16.1 Å². The quantitative estimate of drug-likeness (QED) is 0.796.